The predicted octanol–water partition coefficient (Wildman–Crippen LogP) is 1.51. The Morgan fingerprint density at radius 2 is 1.52 bits per heavy atom. The van der Waals surface area contributed by atoms with Gasteiger partial charge in [-0.1, -0.05) is 0 Å². The van der Waals surface area contributed by atoms with Crippen molar-refractivity contribution in [2.24, 2.45) is 5.73 Å². The molecule has 2 aromatic carbocycles. The minimum atomic E-state index is -0.525. The molecule has 3 N–H and O–H groups in total. The molecule has 0 radical (unpaired) electrons. The van der Waals surface area contributed by atoms with E-state index < -0.39 is 5.91 Å². The largest absolute Gasteiger partial charge is 0.496 e. The quantitative estimate of drug-likeness (QED) is 0.689. The monoisotopic (exact) mass is 374 g/mol. The van der Waals surface area contributed by atoms with E-state index in [0.29, 0.717) is 28.6 Å². The Balaban J connectivity index is 1.94. The van der Waals surface area contributed by atoms with Gasteiger partial charge < -0.3 is 30.0 Å². The number of carbonyl (C=O) groups excluding carboxylic acids is 2. The molecule has 0 fully saturated rings. The Kier molecular flexibility index (Phi) is 6.87. The van der Waals surface area contributed by atoms with Crippen molar-refractivity contribution in [1.82, 2.24) is 5.32 Å². The molecule has 0 aromatic heterocycles. The van der Waals surface area contributed by atoms with Crippen molar-refractivity contribution in [2.75, 3.05) is 27.9 Å². The molecule has 8 nitrogen and oxygen atoms in total. The lowest BCUT2D eigenvalue weighted by Gasteiger charge is -2.14. The maximum atomic E-state index is 12.0. The zero-order valence-corrected chi connectivity index (χ0v) is 15.4. The zero-order valence-electron chi connectivity index (χ0n) is 15.4. The highest BCUT2D eigenvalue weighted by Gasteiger charge is 2.13. The fraction of sp³-hybridized carbons (Fsp3) is 0.263. The number of methoxy groups -OCH3 is 3. The summed E-state index contributed by atoms with van der Waals surface area (Å²) in [7, 11) is 4.60. The van der Waals surface area contributed by atoms with Crippen molar-refractivity contribution < 1.29 is 28.5 Å². The van der Waals surface area contributed by atoms with Crippen LogP contribution in [0.15, 0.2) is 36.4 Å². The number of benzene rings is 2. The topological polar surface area (TPSA) is 109 Å². The van der Waals surface area contributed by atoms with Crippen molar-refractivity contribution >= 4 is 11.8 Å². The van der Waals surface area contributed by atoms with E-state index in [2.05, 4.69) is 5.32 Å². The second-order valence-corrected chi connectivity index (χ2v) is 5.47. The van der Waals surface area contributed by atoms with E-state index in [-0.39, 0.29) is 19.1 Å². The third-order valence-electron chi connectivity index (χ3n) is 3.77. The number of rotatable bonds is 9. The molecular formula is C19H22N2O6. The van der Waals surface area contributed by atoms with Crippen LogP contribution in [-0.4, -0.2) is 39.8 Å². The molecule has 2 rings (SSSR count). The summed E-state index contributed by atoms with van der Waals surface area (Å²) in [5.41, 5.74) is 6.27. The summed E-state index contributed by atoms with van der Waals surface area (Å²) >= 11 is 0. The molecule has 0 aliphatic carbocycles. The molecule has 0 atom stereocenters. The summed E-state index contributed by atoms with van der Waals surface area (Å²) in [6, 6.07) is 9.64. The van der Waals surface area contributed by atoms with Gasteiger partial charge in [-0.3, -0.25) is 9.59 Å². The number of hydrogen-bond acceptors (Lipinski definition) is 6. The average molecular weight is 374 g/mol. The van der Waals surface area contributed by atoms with Gasteiger partial charge in [-0.15, -0.1) is 0 Å². The molecule has 2 amide bonds. The van der Waals surface area contributed by atoms with E-state index in [0.717, 1.165) is 5.56 Å². The first-order chi connectivity index (χ1) is 13.0. The van der Waals surface area contributed by atoms with Crippen LogP contribution in [0.2, 0.25) is 0 Å². The minimum absolute atomic E-state index is 0.175. The third-order valence-corrected chi connectivity index (χ3v) is 3.77. The molecule has 0 aliphatic rings. The maximum absolute atomic E-state index is 12.0. The summed E-state index contributed by atoms with van der Waals surface area (Å²) < 4.78 is 21.2. The van der Waals surface area contributed by atoms with Gasteiger partial charge in [0, 0.05) is 23.7 Å². The van der Waals surface area contributed by atoms with Crippen molar-refractivity contribution in [3.05, 3.63) is 47.5 Å². The number of primary amides is 1. The van der Waals surface area contributed by atoms with Crippen LogP contribution in [0.5, 0.6) is 23.0 Å². The lowest BCUT2D eigenvalue weighted by atomic mass is 10.1. The van der Waals surface area contributed by atoms with Crippen molar-refractivity contribution in [3.8, 4) is 23.0 Å². The van der Waals surface area contributed by atoms with Gasteiger partial charge in [0.1, 0.15) is 11.5 Å². The van der Waals surface area contributed by atoms with Gasteiger partial charge in [-0.05, 0) is 30.3 Å². The van der Waals surface area contributed by atoms with Crippen LogP contribution in [0.1, 0.15) is 15.9 Å². The van der Waals surface area contributed by atoms with Crippen LogP contribution in [0.25, 0.3) is 0 Å². The number of amides is 2. The third kappa shape index (κ3) is 5.27. The molecule has 8 heteroatoms. The van der Waals surface area contributed by atoms with Crippen LogP contribution in [0.4, 0.5) is 0 Å². The maximum Gasteiger partial charge on any atom is 0.258 e. The van der Waals surface area contributed by atoms with E-state index >= 15 is 0 Å². The molecule has 2 aromatic rings. The average Bonchev–Trinajstić information content (AvgIpc) is 2.70. The number of nitrogens with one attached hydrogen (secondary N) is 1. The highest BCUT2D eigenvalue weighted by atomic mass is 16.5. The highest BCUT2D eigenvalue weighted by Crippen LogP contribution is 2.34. The van der Waals surface area contributed by atoms with Gasteiger partial charge in [-0.2, -0.15) is 0 Å². The summed E-state index contributed by atoms with van der Waals surface area (Å²) in [4.78, 5) is 23.1. The molecule has 0 unspecified atom stereocenters. The van der Waals surface area contributed by atoms with Gasteiger partial charge in [-0.25, -0.2) is 0 Å². The van der Waals surface area contributed by atoms with Crippen LogP contribution < -0.4 is 30.0 Å². The predicted molar refractivity (Wildman–Crippen MR) is 98.4 cm³/mol. The fourth-order valence-electron chi connectivity index (χ4n) is 2.34. The molecule has 0 saturated carbocycles. The van der Waals surface area contributed by atoms with Gasteiger partial charge in [0.15, 0.2) is 18.1 Å². The summed E-state index contributed by atoms with van der Waals surface area (Å²) in [5, 5.41) is 2.75. The SMILES string of the molecule is COc1cc(OC)c(OC)cc1CNC(=O)COc1ccc(C(N)=O)cc1. The van der Waals surface area contributed by atoms with Gasteiger partial charge in [0.2, 0.25) is 5.91 Å². The van der Waals surface area contributed by atoms with E-state index in [1.165, 1.54) is 33.5 Å². The first-order valence-corrected chi connectivity index (χ1v) is 8.06. The van der Waals surface area contributed by atoms with E-state index in [1.54, 1.807) is 24.3 Å². The summed E-state index contributed by atoms with van der Waals surface area (Å²) in [6.45, 7) is 0.0534. The summed E-state index contributed by atoms with van der Waals surface area (Å²) in [6.07, 6.45) is 0. The standard InChI is InChI=1S/C19H22N2O6/c1-24-15-9-17(26-3)16(25-2)8-13(15)10-21-18(22)11-27-14-6-4-12(5-7-14)19(20)23/h4-9H,10-11H2,1-3H3,(H2,20,23)(H,21,22). The molecule has 0 saturated heterocycles. The molecule has 144 valence electrons. The Labute approximate surface area is 157 Å². The van der Waals surface area contributed by atoms with Crippen LogP contribution in [0, 0.1) is 0 Å². The molecule has 0 heterocycles. The van der Waals surface area contributed by atoms with Crippen molar-refractivity contribution in [1.29, 1.82) is 0 Å². The second-order valence-electron chi connectivity index (χ2n) is 5.47. The Bertz CT molecular complexity index is 805. The fourth-order valence-corrected chi connectivity index (χ4v) is 2.34. The molecule has 0 bridgehead atoms. The number of carbonyl (C=O) groups is 2. The van der Waals surface area contributed by atoms with E-state index in [1.807, 2.05) is 0 Å². The lowest BCUT2D eigenvalue weighted by molar-refractivity contribution is -0.123. The van der Waals surface area contributed by atoms with Crippen molar-refractivity contribution in [2.45, 2.75) is 6.54 Å². The van der Waals surface area contributed by atoms with Gasteiger partial charge in [0.25, 0.3) is 5.91 Å². The van der Waals surface area contributed by atoms with Crippen LogP contribution >= 0.6 is 0 Å². The molecule has 0 spiro atoms. The smallest absolute Gasteiger partial charge is 0.258 e. The highest BCUT2D eigenvalue weighted by molar-refractivity contribution is 5.92. The first kappa shape index (κ1) is 19.9. The van der Waals surface area contributed by atoms with Crippen LogP contribution in [0.3, 0.4) is 0 Å². The van der Waals surface area contributed by atoms with E-state index in [9.17, 15) is 9.59 Å². The van der Waals surface area contributed by atoms with E-state index in [4.69, 9.17) is 24.7 Å². The Hall–Kier alpha value is -3.42. The van der Waals surface area contributed by atoms with Crippen molar-refractivity contribution in [3.63, 3.8) is 0 Å². The minimum Gasteiger partial charge on any atom is -0.496 e. The molecule has 0 aliphatic heterocycles. The number of ether oxygens (including phenoxy) is 4. The summed E-state index contributed by atoms with van der Waals surface area (Å²) in [5.74, 6) is 1.25. The van der Waals surface area contributed by atoms with Gasteiger partial charge in [0.05, 0.1) is 21.3 Å². The van der Waals surface area contributed by atoms with Gasteiger partial charge >= 0.3 is 0 Å². The Morgan fingerprint density at radius 1 is 0.926 bits per heavy atom. The normalized spacial score (nSPS) is 10.0. The first-order valence-electron chi connectivity index (χ1n) is 8.06. The number of hydrogen-bond donors (Lipinski definition) is 2. The lowest BCUT2D eigenvalue weighted by Crippen LogP contribution is -2.28. The molecular weight excluding hydrogens is 352 g/mol. The number of nitrogens with two attached hydrogens (primary N) is 1. The second kappa shape index (κ2) is 9.33. The Morgan fingerprint density at radius 3 is 2.07 bits per heavy atom. The molecule has 27 heavy (non-hydrogen) atoms. The van der Waals surface area contributed by atoms with Crippen LogP contribution in [-0.2, 0) is 11.3 Å². The zero-order chi connectivity index (χ0) is 19.8.